The van der Waals surface area contributed by atoms with Crippen molar-refractivity contribution in [2.75, 3.05) is 19.8 Å². The Balaban J connectivity index is 1.34. The quantitative estimate of drug-likeness (QED) is 0.546. The van der Waals surface area contributed by atoms with Gasteiger partial charge in [-0.15, -0.1) is 5.06 Å². The molecule has 0 aliphatic carbocycles. The number of hydroxylamine groups is 2. The molecule has 1 aromatic heterocycles. The number of carbonyl (C=O) groups excluding carboxylic acids is 2. The van der Waals surface area contributed by atoms with Crippen LogP contribution in [-0.2, 0) is 16.0 Å². The topological polar surface area (TPSA) is 68.7 Å². The van der Waals surface area contributed by atoms with E-state index in [0.29, 0.717) is 24.3 Å². The van der Waals surface area contributed by atoms with Gasteiger partial charge in [-0.05, 0) is 44.0 Å². The van der Waals surface area contributed by atoms with Gasteiger partial charge >= 0.3 is 0 Å². The van der Waals surface area contributed by atoms with E-state index < -0.39 is 11.8 Å². The molecule has 1 aliphatic rings. The molecule has 130 valence electrons. The highest BCUT2D eigenvalue weighted by Crippen LogP contribution is 2.22. The molecule has 6 heteroatoms. The van der Waals surface area contributed by atoms with Crippen molar-refractivity contribution in [1.82, 2.24) is 10.0 Å². The van der Waals surface area contributed by atoms with E-state index in [4.69, 9.17) is 9.57 Å². The summed E-state index contributed by atoms with van der Waals surface area (Å²) in [6.07, 6.45) is 1.70. The van der Waals surface area contributed by atoms with Crippen molar-refractivity contribution in [2.24, 2.45) is 0 Å². The van der Waals surface area contributed by atoms with Crippen LogP contribution in [0.25, 0.3) is 0 Å². The van der Waals surface area contributed by atoms with E-state index in [2.05, 4.69) is 4.98 Å². The van der Waals surface area contributed by atoms with Crippen LogP contribution in [0.15, 0.2) is 42.5 Å². The van der Waals surface area contributed by atoms with Gasteiger partial charge in [-0.3, -0.25) is 19.4 Å². The number of aryl methyl sites for hydroxylation is 2. The number of amides is 2. The van der Waals surface area contributed by atoms with Crippen LogP contribution in [0.3, 0.4) is 0 Å². The lowest BCUT2D eigenvalue weighted by Crippen LogP contribution is -2.31. The van der Waals surface area contributed by atoms with Crippen LogP contribution in [0.2, 0.25) is 0 Å². The summed E-state index contributed by atoms with van der Waals surface area (Å²) in [5, 5.41) is 0.810. The van der Waals surface area contributed by atoms with Gasteiger partial charge in [0.15, 0.2) is 0 Å². The Morgan fingerprint density at radius 1 is 0.920 bits per heavy atom. The summed E-state index contributed by atoms with van der Waals surface area (Å²) in [7, 11) is 0. The molecule has 0 spiro atoms. The van der Waals surface area contributed by atoms with Crippen molar-refractivity contribution in [1.29, 1.82) is 0 Å². The molecule has 0 atom stereocenters. The zero-order chi connectivity index (χ0) is 17.6. The Morgan fingerprint density at radius 2 is 1.64 bits per heavy atom. The molecule has 6 nitrogen and oxygen atoms in total. The molecule has 0 fully saturated rings. The molecular weight excluding hydrogens is 320 g/mol. The van der Waals surface area contributed by atoms with Gasteiger partial charge in [0.1, 0.15) is 0 Å². The second-order valence-corrected chi connectivity index (χ2v) is 5.77. The fraction of sp³-hybridized carbons (Fsp3) is 0.316. The molecule has 2 aromatic rings. The lowest BCUT2D eigenvalue weighted by atomic mass is 10.1. The van der Waals surface area contributed by atoms with Crippen molar-refractivity contribution < 1.29 is 19.2 Å². The normalized spacial score (nSPS) is 13.4. The van der Waals surface area contributed by atoms with Crippen molar-refractivity contribution in [3.05, 3.63) is 65.0 Å². The summed E-state index contributed by atoms with van der Waals surface area (Å²) < 4.78 is 5.49. The third kappa shape index (κ3) is 4.10. The van der Waals surface area contributed by atoms with Gasteiger partial charge in [-0.25, -0.2) is 0 Å². The number of hydrogen-bond acceptors (Lipinski definition) is 5. The van der Waals surface area contributed by atoms with E-state index in [-0.39, 0.29) is 6.61 Å². The number of benzene rings is 1. The molecule has 0 unspecified atom stereocenters. The van der Waals surface area contributed by atoms with Gasteiger partial charge in [-0.2, -0.15) is 0 Å². The zero-order valence-electron chi connectivity index (χ0n) is 14.1. The van der Waals surface area contributed by atoms with Crippen molar-refractivity contribution in [3.63, 3.8) is 0 Å². The number of rotatable bonds is 8. The van der Waals surface area contributed by atoms with E-state index in [0.717, 1.165) is 29.3 Å². The van der Waals surface area contributed by atoms with Gasteiger partial charge in [0.05, 0.1) is 24.3 Å². The van der Waals surface area contributed by atoms with Crippen LogP contribution < -0.4 is 0 Å². The van der Waals surface area contributed by atoms with E-state index in [1.54, 1.807) is 24.3 Å². The highest BCUT2D eigenvalue weighted by atomic mass is 16.7. The van der Waals surface area contributed by atoms with Gasteiger partial charge in [-0.1, -0.05) is 18.2 Å². The van der Waals surface area contributed by atoms with Crippen molar-refractivity contribution >= 4 is 11.8 Å². The molecule has 0 radical (unpaired) electrons. The van der Waals surface area contributed by atoms with E-state index in [1.807, 2.05) is 25.1 Å². The number of pyridine rings is 1. The summed E-state index contributed by atoms with van der Waals surface area (Å²) in [5.74, 6) is -0.850. The minimum atomic E-state index is -0.425. The molecule has 0 N–H and O–H groups in total. The lowest BCUT2D eigenvalue weighted by molar-refractivity contribution is -0.106. The van der Waals surface area contributed by atoms with Crippen LogP contribution in [0.1, 0.15) is 38.5 Å². The number of carbonyl (C=O) groups is 2. The first kappa shape index (κ1) is 17.3. The standard InChI is InChI=1S/C19H20N2O4/c1-14-6-4-7-15(20-14)8-5-11-24-12-13-25-21-18(22)16-9-2-3-10-17(16)19(21)23/h2-4,6-7,9-10H,5,8,11-13H2,1H3. The third-order valence-corrected chi connectivity index (χ3v) is 3.87. The Kier molecular flexibility index (Phi) is 5.53. The van der Waals surface area contributed by atoms with Crippen LogP contribution >= 0.6 is 0 Å². The molecule has 2 heterocycles. The molecular formula is C19H20N2O4. The SMILES string of the molecule is Cc1cccc(CCCOCCON2C(=O)c3ccccc3C2=O)n1. The highest BCUT2D eigenvalue weighted by molar-refractivity contribution is 6.20. The number of aromatic nitrogens is 1. The minimum absolute atomic E-state index is 0.147. The maximum atomic E-state index is 12.1. The van der Waals surface area contributed by atoms with Crippen LogP contribution in [0.5, 0.6) is 0 Å². The summed E-state index contributed by atoms with van der Waals surface area (Å²) in [6.45, 7) is 3.00. The number of fused-ring (bicyclic) bond motifs is 1. The summed E-state index contributed by atoms with van der Waals surface area (Å²) in [4.78, 5) is 33.9. The van der Waals surface area contributed by atoms with Gasteiger partial charge in [0, 0.05) is 18.0 Å². The summed E-state index contributed by atoms with van der Waals surface area (Å²) >= 11 is 0. The Morgan fingerprint density at radius 3 is 2.32 bits per heavy atom. The first-order valence-corrected chi connectivity index (χ1v) is 8.28. The average molecular weight is 340 g/mol. The zero-order valence-corrected chi connectivity index (χ0v) is 14.1. The van der Waals surface area contributed by atoms with E-state index >= 15 is 0 Å². The number of imide groups is 1. The monoisotopic (exact) mass is 340 g/mol. The van der Waals surface area contributed by atoms with Gasteiger partial charge in [0.2, 0.25) is 0 Å². The first-order chi connectivity index (χ1) is 12.2. The maximum absolute atomic E-state index is 12.1. The fourth-order valence-corrected chi connectivity index (χ4v) is 2.67. The predicted molar refractivity (Wildman–Crippen MR) is 91.0 cm³/mol. The second kappa shape index (κ2) is 8.00. The average Bonchev–Trinajstić information content (AvgIpc) is 2.86. The third-order valence-electron chi connectivity index (χ3n) is 3.87. The first-order valence-electron chi connectivity index (χ1n) is 8.28. The smallest absolute Gasteiger partial charge is 0.285 e. The fourth-order valence-electron chi connectivity index (χ4n) is 2.67. The molecule has 0 saturated carbocycles. The largest absolute Gasteiger partial charge is 0.379 e. The van der Waals surface area contributed by atoms with Crippen LogP contribution in [0, 0.1) is 6.92 Å². The van der Waals surface area contributed by atoms with Crippen molar-refractivity contribution in [3.8, 4) is 0 Å². The second-order valence-electron chi connectivity index (χ2n) is 5.77. The maximum Gasteiger partial charge on any atom is 0.285 e. The molecule has 1 aliphatic heterocycles. The summed E-state index contributed by atoms with van der Waals surface area (Å²) in [6, 6.07) is 12.6. The Hall–Kier alpha value is -2.57. The predicted octanol–water partition coefficient (Wildman–Crippen LogP) is 2.57. The molecule has 3 rings (SSSR count). The van der Waals surface area contributed by atoms with E-state index in [1.165, 1.54) is 0 Å². The van der Waals surface area contributed by atoms with Crippen LogP contribution in [0.4, 0.5) is 0 Å². The minimum Gasteiger partial charge on any atom is -0.379 e. The Bertz CT molecular complexity index is 741. The molecule has 0 saturated heterocycles. The highest BCUT2D eigenvalue weighted by Gasteiger charge is 2.36. The number of nitrogens with zero attached hydrogens (tertiary/aromatic N) is 2. The molecule has 1 aromatic carbocycles. The van der Waals surface area contributed by atoms with E-state index in [9.17, 15) is 9.59 Å². The lowest BCUT2D eigenvalue weighted by Gasteiger charge is -2.13. The molecule has 0 bridgehead atoms. The Labute approximate surface area is 146 Å². The number of ether oxygens (including phenoxy) is 1. The molecule has 25 heavy (non-hydrogen) atoms. The molecule has 2 amide bonds. The van der Waals surface area contributed by atoms with Gasteiger partial charge in [0.25, 0.3) is 11.8 Å². The van der Waals surface area contributed by atoms with Crippen molar-refractivity contribution in [2.45, 2.75) is 19.8 Å². The summed E-state index contributed by atoms with van der Waals surface area (Å²) in [5.41, 5.74) is 2.80. The van der Waals surface area contributed by atoms with Crippen LogP contribution in [-0.4, -0.2) is 41.7 Å². The number of hydrogen-bond donors (Lipinski definition) is 0. The van der Waals surface area contributed by atoms with Gasteiger partial charge < -0.3 is 4.74 Å².